The van der Waals surface area contributed by atoms with Crippen molar-refractivity contribution in [3.05, 3.63) is 20.8 Å². The van der Waals surface area contributed by atoms with Gasteiger partial charge in [-0.3, -0.25) is 0 Å². The Kier molecular flexibility index (Phi) is 4.86. The monoisotopic (exact) mass is 301 g/mol. The highest BCUT2D eigenvalue weighted by Gasteiger charge is 2.21. The van der Waals surface area contributed by atoms with E-state index in [9.17, 15) is 0 Å². The van der Waals surface area contributed by atoms with Gasteiger partial charge in [-0.2, -0.15) is 0 Å². The summed E-state index contributed by atoms with van der Waals surface area (Å²) in [6.45, 7) is 3.26. The maximum absolute atomic E-state index is 3.62. The van der Waals surface area contributed by atoms with Crippen molar-refractivity contribution in [1.29, 1.82) is 0 Å². The Morgan fingerprint density at radius 3 is 2.81 bits per heavy atom. The van der Waals surface area contributed by atoms with E-state index in [1.165, 1.54) is 41.5 Å². The number of hydrogen-bond acceptors (Lipinski definition) is 2. The second kappa shape index (κ2) is 6.18. The van der Waals surface area contributed by atoms with Gasteiger partial charge in [0.2, 0.25) is 0 Å². The van der Waals surface area contributed by atoms with Crippen LogP contribution in [0.4, 0.5) is 0 Å². The molecule has 1 aromatic heterocycles. The topological polar surface area (TPSA) is 12.0 Å². The minimum absolute atomic E-state index is 0.565. The Labute approximate surface area is 111 Å². The Bertz CT molecular complexity index is 317. The first-order valence-electron chi connectivity index (χ1n) is 6.27. The molecule has 1 N–H and O–H groups in total. The molecule has 16 heavy (non-hydrogen) atoms. The molecular formula is C13H20BrNS. The van der Waals surface area contributed by atoms with Gasteiger partial charge >= 0.3 is 0 Å². The summed E-state index contributed by atoms with van der Waals surface area (Å²) in [5.41, 5.74) is 1.46. The summed E-state index contributed by atoms with van der Waals surface area (Å²) in [5.74, 6) is 0.947. The number of nitrogens with one attached hydrogen (secondary N) is 1. The van der Waals surface area contributed by atoms with Crippen molar-refractivity contribution in [1.82, 2.24) is 5.32 Å². The zero-order valence-electron chi connectivity index (χ0n) is 9.84. The third-order valence-electron chi connectivity index (χ3n) is 3.48. The van der Waals surface area contributed by atoms with Gasteiger partial charge in [0.15, 0.2) is 0 Å². The van der Waals surface area contributed by atoms with Crippen molar-refractivity contribution >= 4 is 27.3 Å². The summed E-state index contributed by atoms with van der Waals surface area (Å²) in [6.07, 6.45) is 7.07. The van der Waals surface area contributed by atoms with E-state index in [0.29, 0.717) is 6.04 Å². The molecule has 1 heterocycles. The molecule has 1 aliphatic rings. The molecule has 0 radical (unpaired) electrons. The highest BCUT2D eigenvalue weighted by atomic mass is 79.9. The molecular weight excluding hydrogens is 282 g/mol. The Balaban J connectivity index is 1.98. The Hall–Kier alpha value is 0.140. The van der Waals surface area contributed by atoms with Crippen LogP contribution in [-0.2, 0) is 0 Å². The van der Waals surface area contributed by atoms with Crippen LogP contribution >= 0.6 is 27.3 Å². The molecule has 1 aliphatic carbocycles. The lowest BCUT2D eigenvalue weighted by Gasteiger charge is -2.20. The highest BCUT2D eigenvalue weighted by molar-refractivity contribution is 9.11. The Morgan fingerprint density at radius 2 is 2.25 bits per heavy atom. The molecule has 0 amide bonds. The van der Waals surface area contributed by atoms with Crippen LogP contribution in [0.3, 0.4) is 0 Å². The highest BCUT2D eigenvalue weighted by Crippen LogP contribution is 2.35. The lowest BCUT2D eigenvalue weighted by molar-refractivity contribution is 0.401. The summed E-state index contributed by atoms with van der Waals surface area (Å²) in [6, 6.07) is 2.84. The summed E-state index contributed by atoms with van der Waals surface area (Å²) in [4.78, 5) is 0. The van der Waals surface area contributed by atoms with E-state index in [1.807, 2.05) is 0 Å². The molecule has 2 rings (SSSR count). The van der Waals surface area contributed by atoms with E-state index in [-0.39, 0.29) is 0 Å². The van der Waals surface area contributed by atoms with E-state index in [4.69, 9.17) is 0 Å². The van der Waals surface area contributed by atoms with E-state index in [1.54, 1.807) is 11.3 Å². The zero-order valence-corrected chi connectivity index (χ0v) is 12.2. The quantitative estimate of drug-likeness (QED) is 0.828. The van der Waals surface area contributed by atoms with Crippen molar-refractivity contribution in [3.8, 4) is 0 Å². The van der Waals surface area contributed by atoms with Crippen molar-refractivity contribution in [2.45, 2.75) is 45.1 Å². The maximum Gasteiger partial charge on any atom is 0.0701 e. The van der Waals surface area contributed by atoms with Gasteiger partial charge in [0.1, 0.15) is 0 Å². The lowest BCUT2D eigenvalue weighted by atomic mass is 9.95. The van der Waals surface area contributed by atoms with Crippen LogP contribution < -0.4 is 5.32 Å². The third-order valence-corrected chi connectivity index (χ3v) is 5.01. The van der Waals surface area contributed by atoms with Crippen molar-refractivity contribution in [2.75, 3.05) is 6.54 Å². The molecule has 1 nitrogen and oxygen atoms in total. The van der Waals surface area contributed by atoms with Crippen LogP contribution in [-0.4, -0.2) is 6.54 Å². The van der Waals surface area contributed by atoms with Crippen molar-refractivity contribution in [2.24, 2.45) is 5.92 Å². The van der Waals surface area contributed by atoms with Crippen molar-refractivity contribution in [3.63, 3.8) is 0 Å². The second-order valence-electron chi connectivity index (χ2n) is 4.68. The molecule has 1 unspecified atom stereocenters. The predicted octanol–water partition coefficient (Wildman–Crippen LogP) is 4.74. The first-order valence-corrected chi connectivity index (χ1v) is 7.94. The van der Waals surface area contributed by atoms with E-state index in [0.717, 1.165) is 12.5 Å². The van der Waals surface area contributed by atoms with Gasteiger partial charge in [-0.1, -0.05) is 32.6 Å². The van der Waals surface area contributed by atoms with E-state index >= 15 is 0 Å². The van der Waals surface area contributed by atoms with Gasteiger partial charge in [0.05, 0.1) is 3.79 Å². The maximum atomic E-state index is 3.62. The van der Waals surface area contributed by atoms with E-state index in [2.05, 4.69) is 39.6 Å². The molecule has 0 spiro atoms. The molecule has 0 aromatic carbocycles. The molecule has 0 bridgehead atoms. The summed E-state index contributed by atoms with van der Waals surface area (Å²) < 4.78 is 1.25. The van der Waals surface area contributed by atoms with Gasteiger partial charge in [-0.05, 0) is 51.8 Å². The van der Waals surface area contributed by atoms with Gasteiger partial charge in [0.25, 0.3) is 0 Å². The summed E-state index contributed by atoms with van der Waals surface area (Å²) >= 11 is 5.35. The first kappa shape index (κ1) is 12.6. The first-order chi connectivity index (χ1) is 7.79. The molecule has 0 saturated heterocycles. The fourth-order valence-corrected chi connectivity index (χ4v) is 3.90. The van der Waals surface area contributed by atoms with Crippen LogP contribution in [0.2, 0.25) is 0 Å². The molecule has 1 aromatic rings. The van der Waals surface area contributed by atoms with Crippen LogP contribution in [0.15, 0.2) is 15.2 Å². The number of thiophene rings is 1. The molecule has 0 aliphatic heterocycles. The Morgan fingerprint density at radius 1 is 1.50 bits per heavy atom. The van der Waals surface area contributed by atoms with Gasteiger partial charge in [-0.25, -0.2) is 0 Å². The fourth-order valence-electron chi connectivity index (χ4n) is 2.67. The standard InChI is InChI=1S/C13H20BrNS/c1-2-15-12(7-10-5-3-4-6-10)11-8-13(14)16-9-11/h8-10,12,15H,2-7H2,1H3. The predicted molar refractivity (Wildman–Crippen MR) is 75.0 cm³/mol. The largest absolute Gasteiger partial charge is 0.310 e. The normalized spacial score (nSPS) is 19.1. The van der Waals surface area contributed by atoms with Crippen LogP contribution in [0.1, 0.15) is 50.6 Å². The minimum Gasteiger partial charge on any atom is -0.310 e. The SMILES string of the molecule is CCNC(CC1CCCC1)c1csc(Br)c1. The summed E-state index contributed by atoms with van der Waals surface area (Å²) in [7, 11) is 0. The van der Waals surface area contributed by atoms with Crippen LogP contribution in [0.25, 0.3) is 0 Å². The number of halogens is 1. The fraction of sp³-hybridized carbons (Fsp3) is 0.692. The smallest absolute Gasteiger partial charge is 0.0701 e. The van der Waals surface area contributed by atoms with Gasteiger partial charge in [-0.15, -0.1) is 11.3 Å². The van der Waals surface area contributed by atoms with Gasteiger partial charge in [0, 0.05) is 6.04 Å². The van der Waals surface area contributed by atoms with E-state index < -0.39 is 0 Å². The molecule has 1 fully saturated rings. The molecule has 1 atom stereocenters. The lowest BCUT2D eigenvalue weighted by Crippen LogP contribution is -2.22. The van der Waals surface area contributed by atoms with Crippen molar-refractivity contribution < 1.29 is 0 Å². The van der Waals surface area contributed by atoms with Crippen LogP contribution in [0.5, 0.6) is 0 Å². The second-order valence-corrected chi connectivity index (χ2v) is 6.97. The minimum atomic E-state index is 0.565. The zero-order chi connectivity index (χ0) is 11.4. The molecule has 3 heteroatoms. The van der Waals surface area contributed by atoms with Crippen LogP contribution in [0, 0.1) is 5.92 Å². The molecule has 90 valence electrons. The molecule has 1 saturated carbocycles. The average Bonchev–Trinajstić information content (AvgIpc) is 2.88. The number of rotatable bonds is 5. The number of hydrogen-bond donors (Lipinski definition) is 1. The summed E-state index contributed by atoms with van der Waals surface area (Å²) in [5, 5.41) is 5.91. The average molecular weight is 302 g/mol. The van der Waals surface area contributed by atoms with Gasteiger partial charge < -0.3 is 5.32 Å². The third kappa shape index (κ3) is 3.31.